The highest BCUT2D eigenvalue weighted by atomic mass is 16.5. The number of fused-ring (bicyclic) bond motifs is 1. The van der Waals surface area contributed by atoms with Gasteiger partial charge in [0.1, 0.15) is 11.6 Å². The molecule has 166 valence electrons. The minimum atomic E-state index is -0.0412. The van der Waals surface area contributed by atoms with Crippen LogP contribution in [0.1, 0.15) is 31.4 Å². The number of aliphatic hydroxyl groups excluding tert-OH is 1. The average Bonchev–Trinajstić information content (AvgIpc) is 2.77. The van der Waals surface area contributed by atoms with Crippen molar-refractivity contribution in [1.82, 2.24) is 9.88 Å². The Labute approximate surface area is 185 Å². The van der Waals surface area contributed by atoms with Crippen LogP contribution in [0, 0.1) is 5.92 Å². The fourth-order valence-corrected chi connectivity index (χ4v) is 3.95. The quantitative estimate of drug-likeness (QED) is 0.527. The fourth-order valence-electron chi connectivity index (χ4n) is 3.95. The van der Waals surface area contributed by atoms with E-state index in [1.807, 2.05) is 30.3 Å². The largest absolute Gasteiger partial charge is 0.493 e. The first-order valence-electron chi connectivity index (χ1n) is 10.5. The molecule has 4 rings (SSSR count). The first-order valence-corrected chi connectivity index (χ1v) is 10.5. The molecule has 2 aromatic carbocycles. The van der Waals surface area contributed by atoms with Crippen molar-refractivity contribution < 1.29 is 9.84 Å². The summed E-state index contributed by atoms with van der Waals surface area (Å²) in [7, 11) is 2.16. The maximum atomic E-state index is 9.81. The van der Waals surface area contributed by atoms with Crippen molar-refractivity contribution in [3.63, 3.8) is 0 Å². The van der Waals surface area contributed by atoms with Gasteiger partial charge in [0.25, 0.3) is 0 Å². The molecule has 0 aliphatic carbocycles. The number of aromatic nitrogens is 1. The lowest BCUT2D eigenvalue weighted by Crippen LogP contribution is -2.32. The van der Waals surface area contributed by atoms with Crippen molar-refractivity contribution in [1.29, 1.82) is 0 Å². The van der Waals surface area contributed by atoms with Crippen molar-refractivity contribution in [2.75, 3.05) is 37.8 Å². The van der Waals surface area contributed by atoms with Crippen molar-refractivity contribution in [3.05, 3.63) is 59.8 Å². The molecule has 1 aromatic heterocycles. The number of nitrogen functional groups attached to an aromatic ring is 1. The lowest BCUT2D eigenvalue weighted by molar-refractivity contribution is 0.157. The summed E-state index contributed by atoms with van der Waals surface area (Å²) in [6.45, 7) is 3.60. The standard InChI is InChI=1S/C24H30N4O2.CH4/c1-28-10-7-17(8-11-28)16-30-23-5-3-21(13-20(23)15-29)27-14-18-2-4-22-19(12-18)6-9-26-24(22)25;/h2-6,9,12-13,17,27,29H,7-8,10-11,14-16H2,1H3,(H2,25,26);1H4. The molecule has 1 aliphatic rings. The predicted molar refractivity (Wildman–Crippen MR) is 128 cm³/mol. The van der Waals surface area contributed by atoms with E-state index in [0.29, 0.717) is 24.9 Å². The van der Waals surface area contributed by atoms with E-state index in [-0.39, 0.29) is 14.0 Å². The second kappa shape index (κ2) is 10.5. The third kappa shape index (κ3) is 5.66. The second-order valence-electron chi connectivity index (χ2n) is 8.14. The number of ether oxygens (including phenoxy) is 1. The van der Waals surface area contributed by atoms with Gasteiger partial charge in [-0.25, -0.2) is 4.98 Å². The zero-order chi connectivity index (χ0) is 20.9. The molecule has 0 atom stereocenters. The molecular weight excluding hydrogens is 388 g/mol. The van der Waals surface area contributed by atoms with E-state index in [4.69, 9.17) is 10.5 Å². The summed E-state index contributed by atoms with van der Waals surface area (Å²) in [4.78, 5) is 6.49. The molecule has 0 amide bonds. The monoisotopic (exact) mass is 422 g/mol. The van der Waals surface area contributed by atoms with Crippen LogP contribution in [0.5, 0.6) is 5.75 Å². The summed E-state index contributed by atoms with van der Waals surface area (Å²) in [5.41, 5.74) is 8.85. The van der Waals surface area contributed by atoms with Crippen LogP contribution in [-0.2, 0) is 13.2 Å². The van der Waals surface area contributed by atoms with E-state index in [0.717, 1.165) is 59.3 Å². The van der Waals surface area contributed by atoms with Gasteiger partial charge in [0, 0.05) is 29.4 Å². The molecule has 2 heterocycles. The van der Waals surface area contributed by atoms with E-state index >= 15 is 0 Å². The molecule has 1 saturated heterocycles. The summed E-state index contributed by atoms with van der Waals surface area (Å²) in [5.74, 6) is 1.91. The molecule has 1 fully saturated rings. The number of aliphatic hydroxyl groups is 1. The molecule has 0 spiro atoms. The Morgan fingerprint density at radius 1 is 1.16 bits per heavy atom. The van der Waals surface area contributed by atoms with Gasteiger partial charge in [0.2, 0.25) is 0 Å². The van der Waals surface area contributed by atoms with Crippen LogP contribution in [-0.4, -0.2) is 41.7 Å². The molecule has 6 nitrogen and oxygen atoms in total. The number of anilines is 2. The number of pyridine rings is 1. The molecule has 0 unspecified atom stereocenters. The highest BCUT2D eigenvalue weighted by Crippen LogP contribution is 2.26. The van der Waals surface area contributed by atoms with Gasteiger partial charge in [0.15, 0.2) is 0 Å². The molecule has 3 aromatic rings. The lowest BCUT2D eigenvalue weighted by atomic mass is 9.98. The summed E-state index contributed by atoms with van der Waals surface area (Å²) >= 11 is 0. The summed E-state index contributed by atoms with van der Waals surface area (Å²) in [6, 6.07) is 14.1. The molecule has 1 aliphatic heterocycles. The number of nitrogens with two attached hydrogens (primary N) is 1. The Hall–Kier alpha value is -2.83. The number of nitrogens with zero attached hydrogens (tertiary/aromatic N) is 2. The fraction of sp³-hybridized carbons (Fsp3) is 0.400. The van der Waals surface area contributed by atoms with E-state index in [9.17, 15) is 5.11 Å². The van der Waals surface area contributed by atoms with E-state index in [1.54, 1.807) is 6.20 Å². The van der Waals surface area contributed by atoms with Gasteiger partial charge in [0.05, 0.1) is 13.2 Å². The third-order valence-electron chi connectivity index (χ3n) is 5.90. The molecule has 0 bridgehead atoms. The van der Waals surface area contributed by atoms with Gasteiger partial charge in [-0.3, -0.25) is 0 Å². The van der Waals surface area contributed by atoms with Gasteiger partial charge in [-0.15, -0.1) is 0 Å². The number of hydrogen-bond donors (Lipinski definition) is 3. The van der Waals surface area contributed by atoms with Gasteiger partial charge in [-0.2, -0.15) is 0 Å². The maximum absolute atomic E-state index is 9.81. The van der Waals surface area contributed by atoms with Gasteiger partial charge >= 0.3 is 0 Å². The summed E-state index contributed by atoms with van der Waals surface area (Å²) in [6.07, 6.45) is 4.06. The molecule has 0 saturated carbocycles. The number of benzene rings is 2. The van der Waals surface area contributed by atoms with Crippen molar-refractivity contribution >= 4 is 22.3 Å². The molecular formula is C25H34N4O2. The van der Waals surface area contributed by atoms with Crippen molar-refractivity contribution in [2.45, 2.75) is 33.4 Å². The zero-order valence-electron chi connectivity index (χ0n) is 17.5. The molecule has 6 heteroatoms. The van der Waals surface area contributed by atoms with Crippen LogP contribution >= 0.6 is 0 Å². The topological polar surface area (TPSA) is 83.6 Å². The Morgan fingerprint density at radius 2 is 1.97 bits per heavy atom. The lowest BCUT2D eigenvalue weighted by Gasteiger charge is -2.29. The van der Waals surface area contributed by atoms with Crippen LogP contribution in [0.2, 0.25) is 0 Å². The van der Waals surface area contributed by atoms with Crippen LogP contribution in [0.3, 0.4) is 0 Å². The molecule has 31 heavy (non-hydrogen) atoms. The third-order valence-corrected chi connectivity index (χ3v) is 5.90. The Kier molecular flexibility index (Phi) is 7.71. The van der Waals surface area contributed by atoms with Crippen molar-refractivity contribution in [3.8, 4) is 5.75 Å². The Balaban J connectivity index is 0.00000272. The number of piperidine rings is 1. The maximum Gasteiger partial charge on any atom is 0.131 e. The minimum Gasteiger partial charge on any atom is -0.493 e. The van der Waals surface area contributed by atoms with Crippen LogP contribution < -0.4 is 15.8 Å². The van der Waals surface area contributed by atoms with Crippen LogP contribution in [0.25, 0.3) is 10.8 Å². The minimum absolute atomic E-state index is 0. The van der Waals surface area contributed by atoms with Gasteiger partial charge in [-0.05, 0) is 80.2 Å². The molecule has 0 radical (unpaired) electrons. The zero-order valence-corrected chi connectivity index (χ0v) is 17.5. The first kappa shape index (κ1) is 22.8. The van der Waals surface area contributed by atoms with E-state index in [2.05, 4.69) is 34.4 Å². The SMILES string of the molecule is C.CN1CCC(COc2ccc(NCc3ccc4c(N)nccc4c3)cc2CO)CC1. The van der Waals surface area contributed by atoms with Crippen molar-refractivity contribution in [2.24, 2.45) is 5.92 Å². The van der Waals surface area contributed by atoms with Crippen LogP contribution in [0.15, 0.2) is 48.7 Å². The normalized spacial score (nSPS) is 14.9. The van der Waals surface area contributed by atoms with Gasteiger partial charge < -0.3 is 25.8 Å². The van der Waals surface area contributed by atoms with Gasteiger partial charge in [-0.1, -0.05) is 19.6 Å². The number of nitrogens with one attached hydrogen (secondary N) is 1. The highest BCUT2D eigenvalue weighted by Gasteiger charge is 2.17. The smallest absolute Gasteiger partial charge is 0.131 e. The molecule has 4 N–H and O–H groups in total. The number of rotatable bonds is 7. The number of hydrogen-bond acceptors (Lipinski definition) is 6. The second-order valence-corrected chi connectivity index (χ2v) is 8.14. The number of likely N-dealkylation sites (tertiary alicyclic amines) is 1. The van der Waals surface area contributed by atoms with E-state index in [1.165, 1.54) is 0 Å². The highest BCUT2D eigenvalue weighted by molar-refractivity contribution is 5.91. The van der Waals surface area contributed by atoms with E-state index < -0.39 is 0 Å². The summed E-state index contributed by atoms with van der Waals surface area (Å²) < 4.78 is 6.06. The average molecular weight is 423 g/mol. The first-order chi connectivity index (χ1) is 14.6. The summed E-state index contributed by atoms with van der Waals surface area (Å²) in [5, 5.41) is 15.3. The predicted octanol–water partition coefficient (Wildman–Crippen LogP) is 4.28. The Bertz CT molecular complexity index is 1000. The Morgan fingerprint density at radius 3 is 2.74 bits per heavy atom. The van der Waals surface area contributed by atoms with Crippen LogP contribution in [0.4, 0.5) is 11.5 Å².